The highest BCUT2D eigenvalue weighted by Gasteiger charge is 2.42. The second-order valence-electron chi connectivity index (χ2n) is 10.3. The topological polar surface area (TPSA) is 35.5 Å². The van der Waals surface area contributed by atoms with Gasteiger partial charge in [-0.05, 0) is 62.8 Å². The molecule has 0 radical (unpaired) electrons. The van der Waals surface area contributed by atoms with E-state index in [1.165, 1.54) is 5.56 Å². The second kappa shape index (κ2) is 9.43. The van der Waals surface area contributed by atoms with Crippen molar-refractivity contribution in [3.05, 3.63) is 35.9 Å². The van der Waals surface area contributed by atoms with E-state index in [1.807, 2.05) is 6.07 Å². The van der Waals surface area contributed by atoms with Gasteiger partial charge in [0.25, 0.3) is 0 Å². The summed E-state index contributed by atoms with van der Waals surface area (Å²) in [6, 6.07) is 10.4. The van der Waals surface area contributed by atoms with Crippen LogP contribution in [-0.4, -0.2) is 18.2 Å². The first kappa shape index (κ1) is 22.9. The van der Waals surface area contributed by atoms with Crippen molar-refractivity contribution < 1.29 is 14.3 Å². The Morgan fingerprint density at radius 3 is 2.00 bits per heavy atom. The van der Waals surface area contributed by atoms with Gasteiger partial charge in [-0.25, -0.2) is 0 Å². The quantitative estimate of drug-likeness (QED) is 0.487. The van der Waals surface area contributed by atoms with E-state index in [4.69, 9.17) is 9.47 Å². The summed E-state index contributed by atoms with van der Waals surface area (Å²) in [7, 11) is 0. The van der Waals surface area contributed by atoms with Gasteiger partial charge in [-0.15, -0.1) is 0 Å². The van der Waals surface area contributed by atoms with Gasteiger partial charge in [-0.3, -0.25) is 4.79 Å². The third-order valence-corrected chi connectivity index (χ3v) is 6.20. The van der Waals surface area contributed by atoms with E-state index < -0.39 is 5.41 Å². The lowest BCUT2D eigenvalue weighted by molar-refractivity contribution is -0.169. The van der Waals surface area contributed by atoms with Gasteiger partial charge in [0.1, 0.15) is 6.10 Å². The van der Waals surface area contributed by atoms with Crippen LogP contribution in [0, 0.1) is 16.7 Å². The van der Waals surface area contributed by atoms with Gasteiger partial charge in [0.2, 0.25) is 0 Å². The highest BCUT2D eigenvalue weighted by Crippen LogP contribution is 2.41. The highest BCUT2D eigenvalue weighted by molar-refractivity contribution is 5.77. The molecule has 158 valence electrons. The Morgan fingerprint density at radius 2 is 1.50 bits per heavy atom. The van der Waals surface area contributed by atoms with Crippen LogP contribution >= 0.6 is 0 Å². The number of rotatable bonds is 7. The van der Waals surface area contributed by atoms with Crippen molar-refractivity contribution in [2.45, 2.75) is 98.9 Å². The monoisotopic (exact) mass is 388 g/mol. The van der Waals surface area contributed by atoms with Gasteiger partial charge in [0.15, 0.2) is 0 Å². The van der Waals surface area contributed by atoms with Crippen LogP contribution in [0.15, 0.2) is 30.3 Å². The van der Waals surface area contributed by atoms with Crippen LogP contribution in [0.25, 0.3) is 0 Å². The van der Waals surface area contributed by atoms with Crippen LogP contribution in [0.3, 0.4) is 0 Å². The minimum absolute atomic E-state index is 0.0254. The molecule has 0 heterocycles. The second-order valence-corrected chi connectivity index (χ2v) is 10.3. The first-order valence-corrected chi connectivity index (χ1v) is 10.9. The SMILES string of the molecule is CC(OC1CCC(OC(=O)C(C)(CC(C)(C)C)C(C)C)CC1)c1ccccc1. The van der Waals surface area contributed by atoms with Crippen LogP contribution in [0.1, 0.15) is 92.2 Å². The van der Waals surface area contributed by atoms with Crippen molar-refractivity contribution in [3.8, 4) is 0 Å². The Morgan fingerprint density at radius 1 is 0.964 bits per heavy atom. The van der Waals surface area contributed by atoms with Crippen molar-refractivity contribution in [2.24, 2.45) is 16.7 Å². The number of hydrogen-bond acceptors (Lipinski definition) is 3. The van der Waals surface area contributed by atoms with Crippen LogP contribution in [0.4, 0.5) is 0 Å². The van der Waals surface area contributed by atoms with Crippen LogP contribution in [0.2, 0.25) is 0 Å². The predicted molar refractivity (Wildman–Crippen MR) is 115 cm³/mol. The molecular formula is C25H40O3. The number of benzene rings is 1. The fourth-order valence-corrected chi connectivity index (χ4v) is 4.28. The highest BCUT2D eigenvalue weighted by atomic mass is 16.5. The summed E-state index contributed by atoms with van der Waals surface area (Å²) in [4.78, 5) is 13.0. The molecule has 1 saturated carbocycles. The summed E-state index contributed by atoms with van der Waals surface area (Å²) in [5, 5.41) is 0. The number of carbonyl (C=O) groups excluding carboxylic acids is 1. The molecular weight excluding hydrogens is 348 g/mol. The van der Waals surface area contributed by atoms with Gasteiger partial charge < -0.3 is 9.47 Å². The maximum atomic E-state index is 13.0. The summed E-state index contributed by atoms with van der Waals surface area (Å²) in [5.74, 6) is 0.227. The zero-order valence-electron chi connectivity index (χ0n) is 19.0. The molecule has 1 aromatic rings. The normalized spacial score (nSPS) is 23.9. The maximum Gasteiger partial charge on any atom is 0.312 e. The minimum atomic E-state index is -0.437. The van der Waals surface area contributed by atoms with Crippen molar-refractivity contribution in [1.82, 2.24) is 0 Å². The molecule has 1 aliphatic rings. The smallest absolute Gasteiger partial charge is 0.312 e. The Hall–Kier alpha value is -1.35. The van der Waals surface area contributed by atoms with E-state index in [0.29, 0.717) is 0 Å². The minimum Gasteiger partial charge on any atom is -0.462 e. The van der Waals surface area contributed by atoms with Crippen molar-refractivity contribution in [3.63, 3.8) is 0 Å². The molecule has 1 fully saturated rings. The third kappa shape index (κ3) is 6.34. The van der Waals surface area contributed by atoms with Crippen molar-refractivity contribution in [1.29, 1.82) is 0 Å². The van der Waals surface area contributed by atoms with Gasteiger partial charge in [0, 0.05) is 0 Å². The molecule has 0 amide bonds. The Kier molecular flexibility index (Phi) is 7.73. The summed E-state index contributed by atoms with van der Waals surface area (Å²) >= 11 is 0. The molecule has 2 rings (SSSR count). The Bertz CT molecular complexity index is 608. The van der Waals surface area contributed by atoms with E-state index in [2.05, 4.69) is 72.7 Å². The van der Waals surface area contributed by atoms with Gasteiger partial charge in [-0.1, -0.05) is 65.0 Å². The molecule has 2 unspecified atom stereocenters. The molecule has 0 bridgehead atoms. The summed E-state index contributed by atoms with van der Waals surface area (Å²) in [5.41, 5.74) is 0.871. The van der Waals surface area contributed by atoms with Gasteiger partial charge in [0.05, 0.1) is 17.6 Å². The van der Waals surface area contributed by atoms with Crippen molar-refractivity contribution >= 4 is 5.97 Å². The number of esters is 1. The van der Waals surface area contributed by atoms with Crippen LogP contribution in [0.5, 0.6) is 0 Å². The van der Waals surface area contributed by atoms with Gasteiger partial charge >= 0.3 is 5.97 Å². The zero-order valence-corrected chi connectivity index (χ0v) is 19.0. The molecule has 3 heteroatoms. The molecule has 0 aromatic heterocycles. The van der Waals surface area contributed by atoms with Crippen LogP contribution < -0.4 is 0 Å². The predicted octanol–water partition coefficient (Wildman–Crippen LogP) is 6.72. The molecule has 1 aliphatic carbocycles. The molecule has 0 spiro atoms. The molecule has 0 aliphatic heterocycles. The number of carbonyl (C=O) groups is 1. The van der Waals surface area contributed by atoms with Crippen LogP contribution in [-0.2, 0) is 14.3 Å². The first-order chi connectivity index (χ1) is 13.0. The van der Waals surface area contributed by atoms with Gasteiger partial charge in [-0.2, -0.15) is 0 Å². The lowest BCUT2D eigenvalue weighted by Gasteiger charge is -2.39. The lowest BCUT2D eigenvalue weighted by Crippen LogP contribution is -2.41. The van der Waals surface area contributed by atoms with E-state index >= 15 is 0 Å². The number of ether oxygens (including phenoxy) is 2. The number of hydrogen-bond donors (Lipinski definition) is 0. The lowest BCUT2D eigenvalue weighted by atomic mass is 9.68. The van der Waals surface area contributed by atoms with Crippen molar-refractivity contribution in [2.75, 3.05) is 0 Å². The van der Waals surface area contributed by atoms with E-state index in [0.717, 1.165) is 32.1 Å². The fraction of sp³-hybridized carbons (Fsp3) is 0.720. The third-order valence-electron chi connectivity index (χ3n) is 6.20. The maximum absolute atomic E-state index is 13.0. The largest absolute Gasteiger partial charge is 0.462 e. The molecule has 3 nitrogen and oxygen atoms in total. The zero-order chi connectivity index (χ0) is 20.9. The average Bonchev–Trinajstić information content (AvgIpc) is 2.62. The molecule has 2 atom stereocenters. The van der Waals surface area contributed by atoms with E-state index in [-0.39, 0.29) is 35.6 Å². The Labute approximate surface area is 172 Å². The Balaban J connectivity index is 1.86. The molecule has 1 aromatic carbocycles. The summed E-state index contributed by atoms with van der Waals surface area (Å²) < 4.78 is 12.3. The molecule has 0 saturated heterocycles. The van der Waals surface area contributed by atoms with E-state index in [1.54, 1.807) is 0 Å². The first-order valence-electron chi connectivity index (χ1n) is 10.9. The van der Waals surface area contributed by atoms with E-state index in [9.17, 15) is 4.79 Å². The standard InChI is InChI=1S/C25H40O3/c1-18(2)25(7,17-24(4,5)6)23(26)28-22-15-13-21(14-16-22)27-19(3)20-11-9-8-10-12-20/h8-12,18-19,21-22H,13-17H2,1-7H3. The summed E-state index contributed by atoms with van der Waals surface area (Å²) in [6.07, 6.45) is 4.89. The fourth-order valence-electron chi connectivity index (χ4n) is 4.28. The molecule has 28 heavy (non-hydrogen) atoms. The summed E-state index contributed by atoms with van der Waals surface area (Å²) in [6.45, 7) is 15.0. The average molecular weight is 389 g/mol. The molecule has 0 N–H and O–H groups in total.